The molecule has 2 aromatic rings. The molecule has 0 saturated heterocycles. The molecule has 1 aliphatic rings. The zero-order chi connectivity index (χ0) is 13.2. The highest BCUT2D eigenvalue weighted by molar-refractivity contribution is 5.71. The topological polar surface area (TPSA) is 33.0 Å². The fraction of sp³-hybridized carbons (Fsp3) is 0.188. The summed E-state index contributed by atoms with van der Waals surface area (Å²) in [6.07, 6.45) is 2.50. The minimum atomic E-state index is -0.492. The summed E-state index contributed by atoms with van der Waals surface area (Å²) in [6, 6.07) is 14.0. The molecule has 0 atom stereocenters. The lowest BCUT2D eigenvalue weighted by Crippen LogP contribution is -1.96. The molecular formula is C16H12FNO. The van der Waals surface area contributed by atoms with Crippen LogP contribution >= 0.6 is 0 Å². The number of hydrogen-bond donors (Lipinski definition) is 0. The Labute approximate surface area is 111 Å². The molecule has 0 aromatic heterocycles. The van der Waals surface area contributed by atoms with Crippen molar-refractivity contribution in [3.63, 3.8) is 0 Å². The molecule has 3 heteroatoms. The van der Waals surface area contributed by atoms with Crippen molar-refractivity contribution in [2.75, 3.05) is 0 Å². The maximum Gasteiger partial charge on any atom is 0.141 e. The van der Waals surface area contributed by atoms with E-state index in [-0.39, 0.29) is 5.56 Å². The van der Waals surface area contributed by atoms with Crippen LogP contribution in [0, 0.1) is 17.1 Å². The molecule has 0 radical (unpaired) electrons. The standard InChI is InChI=1S/C16H12FNO/c17-16-6-2-5-14(15(16)10-18)11-3-1-4-13(9-11)19-12-7-8-12/h1-6,9,12H,7-8H2. The number of ether oxygens (including phenoxy) is 1. The Bertz CT molecular complexity index is 656. The van der Waals surface area contributed by atoms with Gasteiger partial charge < -0.3 is 4.74 Å². The lowest BCUT2D eigenvalue weighted by molar-refractivity contribution is 0.303. The van der Waals surface area contributed by atoms with Crippen LogP contribution in [0.4, 0.5) is 4.39 Å². The van der Waals surface area contributed by atoms with Crippen molar-refractivity contribution in [3.05, 3.63) is 53.8 Å². The molecule has 0 amide bonds. The molecule has 1 aliphatic carbocycles. The van der Waals surface area contributed by atoms with Crippen molar-refractivity contribution in [1.29, 1.82) is 5.26 Å². The van der Waals surface area contributed by atoms with Gasteiger partial charge in [0.05, 0.1) is 11.7 Å². The summed E-state index contributed by atoms with van der Waals surface area (Å²) < 4.78 is 19.3. The zero-order valence-corrected chi connectivity index (χ0v) is 10.3. The van der Waals surface area contributed by atoms with Gasteiger partial charge in [-0.1, -0.05) is 24.3 Å². The first-order valence-corrected chi connectivity index (χ1v) is 6.23. The second-order valence-corrected chi connectivity index (χ2v) is 4.62. The number of halogens is 1. The van der Waals surface area contributed by atoms with Crippen LogP contribution < -0.4 is 4.74 Å². The average Bonchev–Trinajstić information content (AvgIpc) is 3.23. The third kappa shape index (κ3) is 2.43. The van der Waals surface area contributed by atoms with Gasteiger partial charge in [-0.2, -0.15) is 5.26 Å². The van der Waals surface area contributed by atoms with Crippen molar-refractivity contribution >= 4 is 0 Å². The van der Waals surface area contributed by atoms with E-state index in [4.69, 9.17) is 10.00 Å². The largest absolute Gasteiger partial charge is 0.490 e. The van der Waals surface area contributed by atoms with E-state index < -0.39 is 5.82 Å². The first-order valence-electron chi connectivity index (χ1n) is 6.23. The monoisotopic (exact) mass is 253 g/mol. The first kappa shape index (κ1) is 11.7. The maximum atomic E-state index is 13.6. The van der Waals surface area contributed by atoms with Gasteiger partial charge in [0.1, 0.15) is 17.6 Å². The van der Waals surface area contributed by atoms with Crippen LogP contribution in [0.2, 0.25) is 0 Å². The van der Waals surface area contributed by atoms with Gasteiger partial charge in [-0.25, -0.2) is 4.39 Å². The molecule has 1 fully saturated rings. The highest BCUT2D eigenvalue weighted by Crippen LogP contribution is 2.31. The van der Waals surface area contributed by atoms with E-state index in [1.807, 2.05) is 30.3 Å². The van der Waals surface area contributed by atoms with E-state index >= 15 is 0 Å². The minimum Gasteiger partial charge on any atom is -0.490 e. The Morgan fingerprint density at radius 3 is 2.68 bits per heavy atom. The van der Waals surface area contributed by atoms with Crippen LogP contribution in [-0.4, -0.2) is 6.10 Å². The molecule has 1 saturated carbocycles. The van der Waals surface area contributed by atoms with E-state index in [9.17, 15) is 4.39 Å². The predicted octanol–water partition coefficient (Wildman–Crippen LogP) is 3.91. The summed E-state index contributed by atoms with van der Waals surface area (Å²) >= 11 is 0. The first-order chi connectivity index (χ1) is 9.28. The van der Waals surface area contributed by atoms with Crippen molar-refractivity contribution in [2.24, 2.45) is 0 Å². The fourth-order valence-electron chi connectivity index (χ4n) is 1.99. The van der Waals surface area contributed by atoms with Gasteiger partial charge in [0.25, 0.3) is 0 Å². The van der Waals surface area contributed by atoms with E-state index in [1.165, 1.54) is 6.07 Å². The van der Waals surface area contributed by atoms with E-state index in [0.717, 1.165) is 24.2 Å². The zero-order valence-electron chi connectivity index (χ0n) is 10.3. The molecule has 2 aromatic carbocycles. The maximum absolute atomic E-state index is 13.6. The lowest BCUT2D eigenvalue weighted by Gasteiger charge is -2.08. The molecule has 0 unspecified atom stereocenters. The van der Waals surface area contributed by atoms with Crippen LogP contribution in [0.15, 0.2) is 42.5 Å². The third-order valence-electron chi connectivity index (χ3n) is 3.10. The van der Waals surface area contributed by atoms with Gasteiger partial charge in [0.15, 0.2) is 0 Å². The SMILES string of the molecule is N#Cc1c(F)cccc1-c1cccc(OC2CC2)c1. The number of benzene rings is 2. The quantitative estimate of drug-likeness (QED) is 0.831. The van der Waals surface area contributed by atoms with Crippen LogP contribution in [0.3, 0.4) is 0 Å². The Balaban J connectivity index is 2.01. The summed E-state index contributed by atoms with van der Waals surface area (Å²) in [6.45, 7) is 0. The molecule has 0 aliphatic heterocycles. The molecular weight excluding hydrogens is 241 g/mol. The van der Waals surface area contributed by atoms with Crippen molar-refractivity contribution in [2.45, 2.75) is 18.9 Å². The molecule has 0 heterocycles. The average molecular weight is 253 g/mol. The number of nitrogens with zero attached hydrogens (tertiary/aromatic N) is 1. The number of nitriles is 1. The van der Waals surface area contributed by atoms with Crippen LogP contribution in [0.5, 0.6) is 5.75 Å². The second-order valence-electron chi connectivity index (χ2n) is 4.62. The smallest absolute Gasteiger partial charge is 0.141 e. The summed E-state index contributed by atoms with van der Waals surface area (Å²) in [5.41, 5.74) is 1.48. The Morgan fingerprint density at radius 2 is 1.95 bits per heavy atom. The number of rotatable bonds is 3. The molecule has 19 heavy (non-hydrogen) atoms. The van der Waals surface area contributed by atoms with Crippen molar-refractivity contribution in [1.82, 2.24) is 0 Å². The molecule has 0 spiro atoms. The van der Waals surface area contributed by atoms with Gasteiger partial charge in [0.2, 0.25) is 0 Å². The molecule has 0 bridgehead atoms. The summed E-state index contributed by atoms with van der Waals surface area (Å²) in [5, 5.41) is 9.06. The summed E-state index contributed by atoms with van der Waals surface area (Å²) in [5.74, 6) is 0.279. The normalized spacial score (nSPS) is 13.9. The van der Waals surface area contributed by atoms with E-state index in [1.54, 1.807) is 12.1 Å². The van der Waals surface area contributed by atoms with Gasteiger partial charge in [-0.05, 0) is 36.6 Å². The summed E-state index contributed by atoms with van der Waals surface area (Å²) in [4.78, 5) is 0. The highest BCUT2D eigenvalue weighted by Gasteiger charge is 2.23. The minimum absolute atomic E-state index is 0.0751. The van der Waals surface area contributed by atoms with Gasteiger partial charge in [-0.3, -0.25) is 0 Å². The Kier molecular flexibility index (Phi) is 2.92. The Hall–Kier alpha value is -2.34. The van der Waals surface area contributed by atoms with Crippen molar-refractivity contribution in [3.8, 4) is 22.9 Å². The lowest BCUT2D eigenvalue weighted by atomic mass is 10.00. The van der Waals surface area contributed by atoms with Gasteiger partial charge >= 0.3 is 0 Å². The predicted molar refractivity (Wildman–Crippen MR) is 70.2 cm³/mol. The highest BCUT2D eigenvalue weighted by atomic mass is 19.1. The second kappa shape index (κ2) is 4.74. The molecule has 94 valence electrons. The van der Waals surface area contributed by atoms with Crippen molar-refractivity contribution < 1.29 is 9.13 Å². The molecule has 0 N–H and O–H groups in total. The third-order valence-corrected chi connectivity index (χ3v) is 3.10. The van der Waals surface area contributed by atoms with Crippen LogP contribution in [0.25, 0.3) is 11.1 Å². The van der Waals surface area contributed by atoms with E-state index in [0.29, 0.717) is 11.7 Å². The van der Waals surface area contributed by atoms with Gasteiger partial charge in [-0.15, -0.1) is 0 Å². The number of hydrogen-bond acceptors (Lipinski definition) is 2. The van der Waals surface area contributed by atoms with Crippen LogP contribution in [-0.2, 0) is 0 Å². The summed E-state index contributed by atoms with van der Waals surface area (Å²) in [7, 11) is 0. The van der Waals surface area contributed by atoms with E-state index in [2.05, 4.69) is 0 Å². The molecule has 3 rings (SSSR count). The molecule has 2 nitrogen and oxygen atoms in total. The van der Waals surface area contributed by atoms with Gasteiger partial charge in [0, 0.05) is 5.56 Å². The van der Waals surface area contributed by atoms with Crippen LogP contribution in [0.1, 0.15) is 18.4 Å². The fourth-order valence-corrected chi connectivity index (χ4v) is 1.99. The Morgan fingerprint density at radius 1 is 1.16 bits per heavy atom.